The molecule has 0 aromatic rings. The fourth-order valence-corrected chi connectivity index (χ4v) is 2.74. The molecule has 0 saturated carbocycles. The Bertz CT molecular complexity index is 253. The third kappa shape index (κ3) is 3.98. The first kappa shape index (κ1) is 14.5. The molecule has 3 heteroatoms. The Kier molecular flexibility index (Phi) is 5.44. The number of nitrogens with zero attached hydrogens (tertiary/aromatic N) is 1. The smallest absolute Gasteiger partial charge is 0.307 e. The van der Waals surface area contributed by atoms with Crippen LogP contribution in [0.4, 0.5) is 0 Å². The van der Waals surface area contributed by atoms with Gasteiger partial charge in [-0.3, -0.25) is 9.69 Å². The Morgan fingerprint density at radius 3 is 2.35 bits per heavy atom. The molecule has 0 aromatic carbocycles. The van der Waals surface area contributed by atoms with E-state index in [0.717, 1.165) is 24.9 Å². The highest BCUT2D eigenvalue weighted by atomic mass is 16.4. The van der Waals surface area contributed by atoms with Crippen molar-refractivity contribution in [3.63, 3.8) is 0 Å². The van der Waals surface area contributed by atoms with E-state index in [2.05, 4.69) is 25.7 Å². The number of carboxylic acids is 1. The number of hydrogen-bond acceptors (Lipinski definition) is 2. The Morgan fingerprint density at radius 2 is 1.82 bits per heavy atom. The van der Waals surface area contributed by atoms with Crippen LogP contribution in [0.5, 0.6) is 0 Å². The fraction of sp³-hybridized carbons (Fsp3) is 0.929. The van der Waals surface area contributed by atoms with E-state index in [9.17, 15) is 4.79 Å². The topological polar surface area (TPSA) is 40.5 Å². The van der Waals surface area contributed by atoms with E-state index in [4.69, 9.17) is 5.11 Å². The number of aliphatic carboxylic acids is 1. The summed E-state index contributed by atoms with van der Waals surface area (Å²) in [6.07, 6.45) is 3.72. The lowest BCUT2D eigenvalue weighted by Gasteiger charge is -2.30. The zero-order chi connectivity index (χ0) is 13.0. The molecule has 0 aromatic heterocycles. The molecular formula is C14H27NO2. The highest BCUT2D eigenvalue weighted by Gasteiger charge is 2.27. The highest BCUT2D eigenvalue weighted by Crippen LogP contribution is 2.26. The van der Waals surface area contributed by atoms with Gasteiger partial charge in [0.05, 0.1) is 5.92 Å². The molecule has 0 radical (unpaired) electrons. The second-order valence-corrected chi connectivity index (χ2v) is 5.84. The van der Waals surface area contributed by atoms with Crippen LogP contribution in [0.25, 0.3) is 0 Å². The molecule has 1 aliphatic rings. The zero-order valence-electron chi connectivity index (χ0n) is 11.6. The monoisotopic (exact) mass is 241 g/mol. The molecule has 1 N–H and O–H groups in total. The van der Waals surface area contributed by atoms with Gasteiger partial charge in [-0.25, -0.2) is 0 Å². The number of likely N-dealkylation sites (tertiary alicyclic amines) is 1. The van der Waals surface area contributed by atoms with Crippen molar-refractivity contribution in [2.75, 3.05) is 13.1 Å². The molecule has 0 bridgehead atoms. The summed E-state index contributed by atoms with van der Waals surface area (Å²) in [5, 5.41) is 9.07. The normalized spacial score (nSPS) is 26.5. The molecule has 3 nitrogen and oxygen atoms in total. The summed E-state index contributed by atoms with van der Waals surface area (Å²) < 4.78 is 0. The van der Waals surface area contributed by atoms with E-state index in [1.807, 2.05) is 6.92 Å². The first-order valence-corrected chi connectivity index (χ1v) is 6.90. The largest absolute Gasteiger partial charge is 0.481 e. The molecule has 3 unspecified atom stereocenters. The van der Waals surface area contributed by atoms with Crippen LogP contribution < -0.4 is 0 Å². The van der Waals surface area contributed by atoms with Crippen LogP contribution in [0.15, 0.2) is 0 Å². The van der Waals surface area contributed by atoms with Crippen LogP contribution in [-0.2, 0) is 4.79 Å². The van der Waals surface area contributed by atoms with Gasteiger partial charge in [0.25, 0.3) is 0 Å². The molecule has 1 rings (SSSR count). The van der Waals surface area contributed by atoms with Crippen LogP contribution in [0.2, 0.25) is 0 Å². The van der Waals surface area contributed by atoms with E-state index in [-0.39, 0.29) is 12.0 Å². The molecule has 0 amide bonds. The number of rotatable bonds is 4. The van der Waals surface area contributed by atoms with E-state index in [1.165, 1.54) is 19.3 Å². The SMILES string of the molecule is CC(C)C1CCCN(C(C)C(C)C(=O)O)CC1. The van der Waals surface area contributed by atoms with Gasteiger partial charge in [-0.2, -0.15) is 0 Å². The predicted octanol–water partition coefficient (Wildman–Crippen LogP) is 2.85. The van der Waals surface area contributed by atoms with Gasteiger partial charge in [-0.05, 0) is 51.1 Å². The van der Waals surface area contributed by atoms with Gasteiger partial charge < -0.3 is 5.11 Å². The quantitative estimate of drug-likeness (QED) is 0.822. The minimum absolute atomic E-state index is 0.151. The van der Waals surface area contributed by atoms with Gasteiger partial charge >= 0.3 is 5.97 Å². The first-order chi connectivity index (χ1) is 7.93. The molecule has 3 atom stereocenters. The van der Waals surface area contributed by atoms with Crippen LogP contribution in [0, 0.1) is 17.8 Å². The van der Waals surface area contributed by atoms with E-state index < -0.39 is 5.97 Å². The lowest BCUT2D eigenvalue weighted by Crippen LogP contribution is -2.41. The summed E-state index contributed by atoms with van der Waals surface area (Å²) in [5.41, 5.74) is 0. The summed E-state index contributed by atoms with van der Waals surface area (Å²) in [7, 11) is 0. The van der Waals surface area contributed by atoms with Crippen molar-refractivity contribution in [1.82, 2.24) is 4.90 Å². The zero-order valence-corrected chi connectivity index (χ0v) is 11.6. The molecule has 1 heterocycles. The molecule has 17 heavy (non-hydrogen) atoms. The maximum Gasteiger partial charge on any atom is 0.307 e. The van der Waals surface area contributed by atoms with Gasteiger partial charge in [0.1, 0.15) is 0 Å². The van der Waals surface area contributed by atoms with Gasteiger partial charge in [-0.15, -0.1) is 0 Å². The van der Waals surface area contributed by atoms with Crippen LogP contribution in [-0.4, -0.2) is 35.1 Å². The lowest BCUT2D eigenvalue weighted by atomic mass is 9.89. The van der Waals surface area contributed by atoms with E-state index in [1.54, 1.807) is 0 Å². The summed E-state index contributed by atoms with van der Waals surface area (Å²) in [5.74, 6) is 0.613. The number of carboxylic acid groups (broad SMARTS) is 1. The van der Waals surface area contributed by atoms with Crippen molar-refractivity contribution in [2.45, 2.75) is 53.0 Å². The lowest BCUT2D eigenvalue weighted by molar-refractivity contribution is -0.143. The molecule has 0 aliphatic carbocycles. The molecule has 1 aliphatic heterocycles. The number of hydrogen-bond donors (Lipinski definition) is 1. The maximum absolute atomic E-state index is 11.0. The predicted molar refractivity (Wildman–Crippen MR) is 70.0 cm³/mol. The van der Waals surface area contributed by atoms with Crippen LogP contribution >= 0.6 is 0 Å². The second-order valence-electron chi connectivity index (χ2n) is 5.84. The number of carbonyl (C=O) groups is 1. The third-order valence-corrected chi connectivity index (χ3v) is 4.44. The standard InChI is InChI=1S/C14H27NO2/c1-10(2)13-6-5-8-15(9-7-13)12(4)11(3)14(16)17/h10-13H,5-9H2,1-4H3,(H,16,17). The van der Waals surface area contributed by atoms with Gasteiger partial charge in [-0.1, -0.05) is 20.8 Å². The summed E-state index contributed by atoms with van der Waals surface area (Å²) in [6.45, 7) is 10.6. The Labute approximate surface area is 105 Å². The minimum atomic E-state index is -0.679. The highest BCUT2D eigenvalue weighted by molar-refractivity contribution is 5.70. The summed E-state index contributed by atoms with van der Waals surface area (Å²) >= 11 is 0. The van der Waals surface area contributed by atoms with Crippen molar-refractivity contribution >= 4 is 5.97 Å². The summed E-state index contributed by atoms with van der Waals surface area (Å²) in [4.78, 5) is 13.4. The molecule has 100 valence electrons. The maximum atomic E-state index is 11.0. The summed E-state index contributed by atoms with van der Waals surface area (Å²) in [6, 6.07) is 0.151. The van der Waals surface area contributed by atoms with Crippen molar-refractivity contribution in [1.29, 1.82) is 0 Å². The molecular weight excluding hydrogens is 214 g/mol. The van der Waals surface area contributed by atoms with Crippen LogP contribution in [0.3, 0.4) is 0 Å². The van der Waals surface area contributed by atoms with E-state index in [0.29, 0.717) is 0 Å². The van der Waals surface area contributed by atoms with Crippen molar-refractivity contribution in [3.05, 3.63) is 0 Å². The molecule has 0 spiro atoms. The Morgan fingerprint density at radius 1 is 1.18 bits per heavy atom. The Hall–Kier alpha value is -0.570. The Balaban J connectivity index is 2.53. The van der Waals surface area contributed by atoms with Gasteiger partial charge in [0.15, 0.2) is 0 Å². The first-order valence-electron chi connectivity index (χ1n) is 6.90. The van der Waals surface area contributed by atoms with Crippen molar-refractivity contribution < 1.29 is 9.90 Å². The van der Waals surface area contributed by atoms with Crippen molar-refractivity contribution in [3.8, 4) is 0 Å². The molecule has 1 fully saturated rings. The average molecular weight is 241 g/mol. The van der Waals surface area contributed by atoms with Gasteiger partial charge in [0, 0.05) is 6.04 Å². The second kappa shape index (κ2) is 6.39. The average Bonchev–Trinajstić information content (AvgIpc) is 2.52. The van der Waals surface area contributed by atoms with Gasteiger partial charge in [0.2, 0.25) is 0 Å². The van der Waals surface area contributed by atoms with Crippen molar-refractivity contribution in [2.24, 2.45) is 17.8 Å². The van der Waals surface area contributed by atoms with E-state index >= 15 is 0 Å². The third-order valence-electron chi connectivity index (χ3n) is 4.44. The minimum Gasteiger partial charge on any atom is -0.481 e. The molecule has 1 saturated heterocycles. The van der Waals surface area contributed by atoms with Crippen LogP contribution in [0.1, 0.15) is 47.0 Å². The fourth-order valence-electron chi connectivity index (χ4n) is 2.74.